The molecule has 0 spiro atoms. The molecule has 0 amide bonds. The van der Waals surface area contributed by atoms with Gasteiger partial charge in [-0.1, -0.05) is 6.92 Å². The van der Waals surface area contributed by atoms with Gasteiger partial charge in [0.2, 0.25) is 0 Å². The first kappa shape index (κ1) is 17.0. The Morgan fingerprint density at radius 3 is 2.67 bits per heavy atom. The van der Waals surface area contributed by atoms with Crippen LogP contribution < -0.4 is 0 Å². The molecule has 0 bridgehead atoms. The first-order valence-corrected chi connectivity index (χ1v) is 10.1. The van der Waals surface area contributed by atoms with Crippen LogP contribution in [0.1, 0.15) is 44.5 Å². The van der Waals surface area contributed by atoms with Crippen molar-refractivity contribution in [3.63, 3.8) is 0 Å². The molecule has 1 saturated carbocycles. The molecule has 5 nitrogen and oxygen atoms in total. The van der Waals surface area contributed by atoms with Crippen molar-refractivity contribution in [1.29, 1.82) is 0 Å². The van der Waals surface area contributed by atoms with Gasteiger partial charge in [0.1, 0.15) is 0 Å². The Kier molecular flexibility index (Phi) is 4.85. The van der Waals surface area contributed by atoms with Gasteiger partial charge in [-0.15, -0.1) is 0 Å². The summed E-state index contributed by atoms with van der Waals surface area (Å²) in [6.45, 7) is 4.73. The molecule has 0 saturated heterocycles. The van der Waals surface area contributed by atoms with Crippen LogP contribution in [0, 0.1) is 0 Å². The Morgan fingerprint density at radius 1 is 1.48 bits per heavy atom. The highest BCUT2D eigenvalue weighted by atomic mass is 79.9. The minimum atomic E-state index is -3.26. The SMILES string of the molecule is CCc1nn(CC)c(CC2(O)CCCC2S(C)(=O)=O)c1Br. The lowest BCUT2D eigenvalue weighted by Crippen LogP contribution is -2.44. The molecule has 2 unspecified atom stereocenters. The molecule has 1 aromatic rings. The number of aromatic nitrogens is 2. The third kappa shape index (κ3) is 3.19. The highest BCUT2D eigenvalue weighted by molar-refractivity contribution is 9.10. The molecule has 0 aromatic carbocycles. The van der Waals surface area contributed by atoms with E-state index in [1.807, 2.05) is 18.5 Å². The number of sulfone groups is 1. The number of hydrogen-bond donors (Lipinski definition) is 1. The topological polar surface area (TPSA) is 72.2 Å². The van der Waals surface area contributed by atoms with E-state index in [2.05, 4.69) is 21.0 Å². The number of hydrogen-bond acceptors (Lipinski definition) is 4. The number of aryl methyl sites for hydroxylation is 2. The van der Waals surface area contributed by atoms with Crippen LogP contribution in [-0.4, -0.2) is 40.4 Å². The first-order valence-electron chi connectivity index (χ1n) is 7.38. The average Bonchev–Trinajstić information content (AvgIpc) is 2.92. The van der Waals surface area contributed by atoms with Crippen molar-refractivity contribution < 1.29 is 13.5 Å². The van der Waals surface area contributed by atoms with Crippen molar-refractivity contribution in [2.75, 3.05) is 6.26 Å². The number of aliphatic hydroxyl groups is 1. The standard InChI is InChI=1S/C14H23BrN2O3S/c1-4-10-13(15)11(17(5-2)16-10)9-14(18)8-6-7-12(14)21(3,19)20/h12,18H,4-9H2,1-3H3. The molecular formula is C14H23BrN2O3S. The summed E-state index contributed by atoms with van der Waals surface area (Å²) in [6, 6.07) is 0. The molecule has 1 aliphatic rings. The van der Waals surface area contributed by atoms with Crippen LogP contribution in [0.5, 0.6) is 0 Å². The number of nitrogens with zero attached hydrogens (tertiary/aromatic N) is 2. The van der Waals surface area contributed by atoms with Crippen LogP contribution in [0.3, 0.4) is 0 Å². The van der Waals surface area contributed by atoms with E-state index in [0.29, 0.717) is 25.8 Å². The van der Waals surface area contributed by atoms with E-state index < -0.39 is 20.7 Å². The van der Waals surface area contributed by atoms with E-state index in [1.54, 1.807) is 0 Å². The third-order valence-electron chi connectivity index (χ3n) is 4.36. The van der Waals surface area contributed by atoms with Gasteiger partial charge in [0.15, 0.2) is 9.84 Å². The molecule has 0 aliphatic heterocycles. The average molecular weight is 379 g/mol. The summed E-state index contributed by atoms with van der Waals surface area (Å²) in [6.07, 6.45) is 4.15. The van der Waals surface area contributed by atoms with Crippen LogP contribution in [0.4, 0.5) is 0 Å². The monoisotopic (exact) mass is 378 g/mol. The predicted molar refractivity (Wildman–Crippen MR) is 86.1 cm³/mol. The summed E-state index contributed by atoms with van der Waals surface area (Å²) >= 11 is 3.56. The fourth-order valence-corrected chi connectivity index (χ4v) is 5.61. The van der Waals surface area contributed by atoms with Crippen LogP contribution in [0.2, 0.25) is 0 Å². The minimum Gasteiger partial charge on any atom is -0.388 e. The highest BCUT2D eigenvalue weighted by Crippen LogP contribution is 2.39. The quantitative estimate of drug-likeness (QED) is 0.851. The first-order chi connectivity index (χ1) is 9.73. The van der Waals surface area contributed by atoms with Gasteiger partial charge in [-0.2, -0.15) is 5.10 Å². The van der Waals surface area contributed by atoms with Gasteiger partial charge in [0.05, 0.1) is 26.7 Å². The van der Waals surface area contributed by atoms with Crippen molar-refractivity contribution in [2.45, 2.75) is 63.3 Å². The summed E-state index contributed by atoms with van der Waals surface area (Å²) in [5, 5.41) is 14.8. The molecule has 1 aromatic heterocycles. The zero-order valence-corrected chi connectivity index (χ0v) is 15.2. The van der Waals surface area contributed by atoms with Crippen molar-refractivity contribution >= 4 is 25.8 Å². The lowest BCUT2D eigenvalue weighted by Gasteiger charge is -2.29. The second-order valence-electron chi connectivity index (χ2n) is 5.87. The molecule has 1 N–H and O–H groups in total. The molecular weight excluding hydrogens is 356 g/mol. The molecule has 120 valence electrons. The summed E-state index contributed by atoms with van der Waals surface area (Å²) < 4.78 is 26.7. The lowest BCUT2D eigenvalue weighted by molar-refractivity contribution is 0.0490. The summed E-state index contributed by atoms with van der Waals surface area (Å²) in [5.74, 6) is 0. The van der Waals surface area contributed by atoms with Gasteiger partial charge in [0.25, 0.3) is 0 Å². The Labute approximate surface area is 134 Å². The Morgan fingerprint density at radius 2 is 2.14 bits per heavy atom. The van der Waals surface area contributed by atoms with Crippen LogP contribution in [0.25, 0.3) is 0 Å². The number of rotatable bonds is 5. The maximum Gasteiger partial charge on any atom is 0.153 e. The van der Waals surface area contributed by atoms with Gasteiger partial charge in [-0.3, -0.25) is 4.68 Å². The normalized spacial score (nSPS) is 26.4. The Hall–Kier alpha value is -0.400. The van der Waals surface area contributed by atoms with Crippen molar-refractivity contribution in [3.05, 3.63) is 15.9 Å². The summed E-state index contributed by atoms with van der Waals surface area (Å²) in [7, 11) is -3.26. The molecule has 1 heterocycles. The fourth-order valence-electron chi connectivity index (χ4n) is 3.31. The van der Waals surface area contributed by atoms with E-state index >= 15 is 0 Å². The zero-order chi connectivity index (χ0) is 15.8. The van der Waals surface area contributed by atoms with Gasteiger partial charge in [0, 0.05) is 19.2 Å². The van der Waals surface area contributed by atoms with Gasteiger partial charge < -0.3 is 5.11 Å². The molecule has 1 fully saturated rings. The van der Waals surface area contributed by atoms with Crippen LogP contribution in [-0.2, 0) is 29.2 Å². The van der Waals surface area contributed by atoms with Gasteiger partial charge in [-0.05, 0) is 48.5 Å². The molecule has 7 heteroatoms. The maximum absolute atomic E-state index is 11.9. The van der Waals surface area contributed by atoms with E-state index in [-0.39, 0.29) is 0 Å². The van der Waals surface area contributed by atoms with E-state index in [0.717, 1.165) is 28.7 Å². The summed E-state index contributed by atoms with van der Waals surface area (Å²) in [5.41, 5.74) is 0.658. The molecule has 1 aliphatic carbocycles. The highest BCUT2D eigenvalue weighted by Gasteiger charge is 2.47. The van der Waals surface area contributed by atoms with E-state index in [4.69, 9.17) is 0 Å². The van der Waals surface area contributed by atoms with E-state index in [9.17, 15) is 13.5 Å². The zero-order valence-electron chi connectivity index (χ0n) is 12.8. The number of halogens is 1. The van der Waals surface area contributed by atoms with Gasteiger partial charge >= 0.3 is 0 Å². The fraction of sp³-hybridized carbons (Fsp3) is 0.786. The Balaban J connectivity index is 2.39. The largest absolute Gasteiger partial charge is 0.388 e. The second-order valence-corrected chi connectivity index (χ2v) is 8.89. The Bertz CT molecular complexity index is 626. The predicted octanol–water partition coefficient (Wildman–Crippen LogP) is 2.10. The molecule has 21 heavy (non-hydrogen) atoms. The molecule has 2 atom stereocenters. The third-order valence-corrected chi connectivity index (χ3v) is 6.98. The van der Waals surface area contributed by atoms with Crippen LogP contribution >= 0.6 is 15.9 Å². The van der Waals surface area contributed by atoms with Gasteiger partial charge in [-0.25, -0.2) is 8.42 Å². The van der Waals surface area contributed by atoms with Crippen molar-refractivity contribution in [2.24, 2.45) is 0 Å². The van der Waals surface area contributed by atoms with Crippen LogP contribution in [0.15, 0.2) is 4.47 Å². The lowest BCUT2D eigenvalue weighted by atomic mass is 9.95. The van der Waals surface area contributed by atoms with E-state index in [1.165, 1.54) is 6.26 Å². The summed E-state index contributed by atoms with van der Waals surface area (Å²) in [4.78, 5) is 0. The maximum atomic E-state index is 11.9. The van der Waals surface area contributed by atoms with Crippen molar-refractivity contribution in [3.8, 4) is 0 Å². The smallest absolute Gasteiger partial charge is 0.153 e. The molecule has 2 rings (SSSR count). The minimum absolute atomic E-state index is 0.326. The second kappa shape index (κ2) is 6.01. The van der Waals surface area contributed by atoms with Crippen molar-refractivity contribution in [1.82, 2.24) is 9.78 Å². The molecule has 0 radical (unpaired) electrons.